The molecule has 2 saturated heterocycles. The van der Waals surface area contributed by atoms with Crippen LogP contribution in [0.2, 0.25) is 0 Å². The molecule has 26 heavy (non-hydrogen) atoms. The number of nitrogens with one attached hydrogen (secondary N) is 1. The maximum absolute atomic E-state index is 5.73. The third-order valence-electron chi connectivity index (χ3n) is 5.13. The van der Waals surface area contributed by atoms with Crippen molar-refractivity contribution in [2.24, 2.45) is 0 Å². The molecule has 0 saturated carbocycles. The van der Waals surface area contributed by atoms with Crippen molar-refractivity contribution in [2.75, 3.05) is 39.4 Å². The minimum absolute atomic E-state index is 0.0886. The molecule has 2 aromatic heterocycles. The summed E-state index contributed by atoms with van der Waals surface area (Å²) in [5.74, 6) is 0. The van der Waals surface area contributed by atoms with E-state index in [2.05, 4.69) is 44.5 Å². The molecule has 138 valence electrons. The Kier molecular flexibility index (Phi) is 5.49. The Morgan fingerprint density at radius 1 is 1.27 bits per heavy atom. The van der Waals surface area contributed by atoms with Crippen molar-refractivity contribution in [3.63, 3.8) is 0 Å². The molecule has 0 spiro atoms. The normalized spacial score (nSPS) is 24.0. The summed E-state index contributed by atoms with van der Waals surface area (Å²) in [6, 6.07) is 8.56. The molecule has 0 unspecified atom stereocenters. The quantitative estimate of drug-likeness (QED) is 0.795. The molecule has 0 radical (unpaired) electrons. The summed E-state index contributed by atoms with van der Waals surface area (Å²) in [6.45, 7) is 7.75. The molecule has 1 N–H and O–H groups in total. The third kappa shape index (κ3) is 3.62. The molecule has 0 aliphatic carbocycles. The molecule has 5 nitrogen and oxygen atoms in total. The van der Waals surface area contributed by atoms with E-state index in [0.717, 1.165) is 50.2 Å². The van der Waals surface area contributed by atoms with E-state index in [4.69, 9.17) is 17.0 Å². The number of hydrogen-bond acceptors (Lipinski definition) is 5. The fourth-order valence-electron chi connectivity index (χ4n) is 3.69. The Hall–Kier alpha value is -1.54. The van der Waals surface area contributed by atoms with Gasteiger partial charge in [0, 0.05) is 37.3 Å². The summed E-state index contributed by atoms with van der Waals surface area (Å²) >= 11 is 7.54. The van der Waals surface area contributed by atoms with Gasteiger partial charge in [0.15, 0.2) is 5.11 Å². The number of ether oxygens (including phenoxy) is 1. The van der Waals surface area contributed by atoms with Crippen LogP contribution < -0.4 is 5.32 Å². The van der Waals surface area contributed by atoms with Crippen molar-refractivity contribution in [1.29, 1.82) is 0 Å². The Morgan fingerprint density at radius 2 is 2.12 bits per heavy atom. The van der Waals surface area contributed by atoms with Crippen LogP contribution in [0.1, 0.15) is 28.2 Å². The molecule has 2 aliphatic rings. The van der Waals surface area contributed by atoms with Crippen LogP contribution >= 0.6 is 23.6 Å². The Morgan fingerprint density at radius 3 is 2.81 bits per heavy atom. The highest BCUT2D eigenvalue weighted by molar-refractivity contribution is 7.80. The van der Waals surface area contributed by atoms with Crippen LogP contribution in [0.4, 0.5) is 0 Å². The smallest absolute Gasteiger partial charge is 0.170 e. The lowest BCUT2D eigenvalue weighted by Gasteiger charge is -2.32. The van der Waals surface area contributed by atoms with E-state index in [1.807, 2.05) is 29.7 Å². The van der Waals surface area contributed by atoms with Gasteiger partial charge in [-0.25, -0.2) is 0 Å². The second kappa shape index (κ2) is 8.00. The lowest BCUT2D eigenvalue weighted by Crippen LogP contribution is -2.42. The Labute approximate surface area is 164 Å². The molecule has 7 heteroatoms. The highest BCUT2D eigenvalue weighted by Gasteiger charge is 2.40. The lowest BCUT2D eigenvalue weighted by atomic mass is 10.0. The summed E-state index contributed by atoms with van der Waals surface area (Å²) < 4.78 is 5.46. The number of pyridine rings is 1. The van der Waals surface area contributed by atoms with Gasteiger partial charge in [-0.15, -0.1) is 11.3 Å². The first-order chi connectivity index (χ1) is 12.7. The minimum Gasteiger partial charge on any atom is -0.379 e. The molecule has 2 aromatic rings. The van der Waals surface area contributed by atoms with Gasteiger partial charge in [-0.1, -0.05) is 6.07 Å². The second-order valence-corrected chi connectivity index (χ2v) is 8.08. The Bertz CT molecular complexity index is 745. The first-order valence-electron chi connectivity index (χ1n) is 9.06. The molecule has 0 bridgehead atoms. The van der Waals surface area contributed by atoms with Gasteiger partial charge in [0.2, 0.25) is 0 Å². The zero-order valence-electron chi connectivity index (χ0n) is 14.9. The number of nitrogens with zero attached hydrogens (tertiary/aromatic N) is 3. The van der Waals surface area contributed by atoms with Crippen molar-refractivity contribution < 1.29 is 4.74 Å². The summed E-state index contributed by atoms with van der Waals surface area (Å²) in [5, 5.41) is 6.53. The van der Waals surface area contributed by atoms with E-state index in [0.29, 0.717) is 0 Å². The monoisotopic (exact) mass is 388 g/mol. The van der Waals surface area contributed by atoms with Gasteiger partial charge in [0.1, 0.15) is 0 Å². The van der Waals surface area contributed by atoms with E-state index in [-0.39, 0.29) is 12.1 Å². The van der Waals surface area contributed by atoms with Crippen LogP contribution in [0.15, 0.2) is 35.8 Å². The fourth-order valence-corrected chi connectivity index (χ4v) is 5.10. The highest BCUT2D eigenvalue weighted by Crippen LogP contribution is 2.41. The summed E-state index contributed by atoms with van der Waals surface area (Å²) in [5.41, 5.74) is 2.37. The number of thiocarbonyl (C=S) groups is 1. The van der Waals surface area contributed by atoms with Crippen LogP contribution in [0.3, 0.4) is 0 Å². The summed E-state index contributed by atoms with van der Waals surface area (Å²) in [4.78, 5) is 10.8. The number of morpholine rings is 1. The van der Waals surface area contributed by atoms with Gasteiger partial charge in [0.05, 0.1) is 31.0 Å². The van der Waals surface area contributed by atoms with Crippen molar-refractivity contribution >= 4 is 28.7 Å². The molecule has 2 atom stereocenters. The largest absolute Gasteiger partial charge is 0.379 e. The topological polar surface area (TPSA) is 40.6 Å². The molecule has 0 amide bonds. The SMILES string of the molecule is Cc1ccsc1[C@H]1[C@H](c2ccccn2)NC(=S)N1CCN1CCOCC1. The van der Waals surface area contributed by atoms with Crippen molar-refractivity contribution in [3.05, 3.63) is 52.0 Å². The zero-order chi connectivity index (χ0) is 17.9. The van der Waals surface area contributed by atoms with Gasteiger partial charge in [-0.2, -0.15) is 0 Å². The number of rotatable bonds is 5. The van der Waals surface area contributed by atoms with E-state index in [1.165, 1.54) is 10.4 Å². The summed E-state index contributed by atoms with van der Waals surface area (Å²) in [6.07, 6.45) is 1.86. The van der Waals surface area contributed by atoms with Gasteiger partial charge in [-0.3, -0.25) is 9.88 Å². The van der Waals surface area contributed by atoms with Crippen LogP contribution in [-0.2, 0) is 4.74 Å². The highest BCUT2D eigenvalue weighted by atomic mass is 32.1. The van der Waals surface area contributed by atoms with E-state index in [1.54, 1.807) is 0 Å². The van der Waals surface area contributed by atoms with Crippen molar-refractivity contribution in [2.45, 2.75) is 19.0 Å². The fraction of sp³-hybridized carbons (Fsp3) is 0.474. The van der Waals surface area contributed by atoms with E-state index < -0.39 is 0 Å². The van der Waals surface area contributed by atoms with Gasteiger partial charge < -0.3 is 15.0 Å². The maximum atomic E-state index is 5.73. The minimum atomic E-state index is 0.0886. The second-order valence-electron chi connectivity index (χ2n) is 6.74. The molecule has 4 rings (SSSR count). The number of aryl methyl sites for hydroxylation is 1. The predicted molar refractivity (Wildman–Crippen MR) is 108 cm³/mol. The molecular formula is C19H24N4OS2. The molecular weight excluding hydrogens is 364 g/mol. The lowest BCUT2D eigenvalue weighted by molar-refractivity contribution is 0.0350. The van der Waals surface area contributed by atoms with Gasteiger partial charge >= 0.3 is 0 Å². The standard InChI is InChI=1S/C19H24N4OS2/c1-14-5-13-26-18(14)17-16(15-4-2-3-6-20-15)21-19(25)23(17)8-7-22-9-11-24-12-10-22/h2-6,13,16-17H,7-12H2,1H3,(H,21,25)/t16-,17+/m0/s1. The predicted octanol–water partition coefficient (Wildman–Crippen LogP) is 2.76. The van der Waals surface area contributed by atoms with Crippen LogP contribution in [0.5, 0.6) is 0 Å². The molecule has 0 aromatic carbocycles. The molecule has 2 aliphatic heterocycles. The van der Waals surface area contributed by atoms with Crippen LogP contribution in [0.25, 0.3) is 0 Å². The molecule has 2 fully saturated rings. The molecule has 4 heterocycles. The first kappa shape index (κ1) is 17.9. The zero-order valence-corrected chi connectivity index (χ0v) is 16.6. The van der Waals surface area contributed by atoms with Gasteiger partial charge in [0.25, 0.3) is 0 Å². The Balaban J connectivity index is 1.59. The number of aromatic nitrogens is 1. The van der Waals surface area contributed by atoms with Crippen LogP contribution in [-0.4, -0.2) is 59.3 Å². The van der Waals surface area contributed by atoms with Gasteiger partial charge in [-0.05, 0) is 48.3 Å². The van der Waals surface area contributed by atoms with E-state index in [9.17, 15) is 0 Å². The van der Waals surface area contributed by atoms with Crippen molar-refractivity contribution in [3.8, 4) is 0 Å². The maximum Gasteiger partial charge on any atom is 0.170 e. The van der Waals surface area contributed by atoms with Crippen molar-refractivity contribution in [1.82, 2.24) is 20.1 Å². The average Bonchev–Trinajstić information content (AvgIpc) is 3.24. The summed E-state index contributed by atoms with van der Waals surface area (Å²) in [7, 11) is 0. The third-order valence-corrected chi connectivity index (χ3v) is 6.57. The van der Waals surface area contributed by atoms with Crippen LogP contribution in [0, 0.1) is 6.92 Å². The average molecular weight is 389 g/mol. The first-order valence-corrected chi connectivity index (χ1v) is 10.3. The number of thiophene rings is 1. The number of hydrogen-bond donors (Lipinski definition) is 1. The van der Waals surface area contributed by atoms with E-state index >= 15 is 0 Å².